The van der Waals surface area contributed by atoms with E-state index in [1.165, 1.54) is 16.3 Å². The van der Waals surface area contributed by atoms with Gasteiger partial charge in [0.1, 0.15) is 0 Å². The average molecular weight is 613 g/mol. The Morgan fingerprint density at radius 2 is 0.875 bits per heavy atom. The van der Waals surface area contributed by atoms with Crippen molar-refractivity contribution < 1.29 is 0 Å². The Morgan fingerprint density at radius 1 is 0.375 bits per heavy atom. The Labute approximate surface area is 279 Å². The summed E-state index contributed by atoms with van der Waals surface area (Å²) in [6.45, 7) is 0. The molecule has 0 fully saturated rings. The normalized spacial score (nSPS) is 10.9. The van der Waals surface area contributed by atoms with E-state index in [2.05, 4.69) is 91.0 Å². The van der Waals surface area contributed by atoms with Gasteiger partial charge in [-0.15, -0.1) is 0 Å². The molecule has 7 aromatic carbocycles. The molecule has 0 saturated carbocycles. The molecule has 8 rings (SSSR count). The Bertz CT molecular complexity index is 2370. The topological polar surface area (TPSA) is 62.5 Å². The van der Waals surface area contributed by atoms with Crippen LogP contribution in [0.2, 0.25) is 0 Å². The first-order valence-electron chi connectivity index (χ1n) is 15.8. The van der Waals surface area contributed by atoms with Gasteiger partial charge >= 0.3 is 0 Å². The third kappa shape index (κ3) is 5.62. The summed E-state index contributed by atoms with van der Waals surface area (Å²) in [6.07, 6.45) is 0. The van der Waals surface area contributed by atoms with E-state index in [-0.39, 0.29) is 0 Å². The standard InChI is InChI=1S/C44H28N4/c45-29-30-18-20-31(21-19-30)37-15-9-16-38(28-37)41-39-17-8-7-10-32(39)26-27-40(41)33-22-24-36(25-23-33)44-47-42(34-11-3-1-4-12-34)46-43(48-44)35-13-5-2-6-14-35/h1-28H. The monoisotopic (exact) mass is 612 g/mol. The molecule has 4 nitrogen and oxygen atoms in total. The molecule has 0 atom stereocenters. The lowest BCUT2D eigenvalue weighted by atomic mass is 9.88. The average Bonchev–Trinajstić information content (AvgIpc) is 3.18. The van der Waals surface area contributed by atoms with Crippen LogP contribution >= 0.6 is 0 Å². The zero-order chi connectivity index (χ0) is 32.3. The fourth-order valence-corrected chi connectivity index (χ4v) is 6.15. The number of nitriles is 1. The number of hydrogen-bond acceptors (Lipinski definition) is 4. The first-order chi connectivity index (χ1) is 23.7. The van der Waals surface area contributed by atoms with Crippen LogP contribution in [-0.2, 0) is 0 Å². The molecule has 0 aliphatic heterocycles. The van der Waals surface area contributed by atoms with Gasteiger partial charge < -0.3 is 0 Å². The first-order valence-corrected chi connectivity index (χ1v) is 15.8. The molecule has 0 unspecified atom stereocenters. The van der Waals surface area contributed by atoms with E-state index in [4.69, 9.17) is 15.0 Å². The van der Waals surface area contributed by atoms with Gasteiger partial charge in [-0.2, -0.15) is 5.26 Å². The molecule has 8 aromatic rings. The smallest absolute Gasteiger partial charge is 0.164 e. The van der Waals surface area contributed by atoms with Crippen LogP contribution in [0.25, 0.3) is 78.3 Å². The number of fused-ring (bicyclic) bond motifs is 1. The van der Waals surface area contributed by atoms with Crippen LogP contribution in [0.1, 0.15) is 5.56 Å². The van der Waals surface area contributed by atoms with E-state index in [1.54, 1.807) is 0 Å². The van der Waals surface area contributed by atoms with Crippen LogP contribution in [0.3, 0.4) is 0 Å². The van der Waals surface area contributed by atoms with Gasteiger partial charge in [-0.05, 0) is 62.4 Å². The summed E-state index contributed by atoms with van der Waals surface area (Å²) in [4.78, 5) is 14.7. The molecule has 224 valence electrons. The summed E-state index contributed by atoms with van der Waals surface area (Å²) in [5.74, 6) is 1.91. The van der Waals surface area contributed by atoms with E-state index in [1.807, 2.05) is 84.9 Å². The highest BCUT2D eigenvalue weighted by Crippen LogP contribution is 2.40. The van der Waals surface area contributed by atoms with Crippen molar-refractivity contribution in [2.24, 2.45) is 0 Å². The van der Waals surface area contributed by atoms with Crippen LogP contribution in [0.4, 0.5) is 0 Å². The van der Waals surface area contributed by atoms with E-state index < -0.39 is 0 Å². The molecule has 0 bridgehead atoms. The number of benzene rings is 7. The molecule has 0 aliphatic carbocycles. The summed E-state index contributed by atoms with van der Waals surface area (Å²) in [6, 6.07) is 60.1. The summed E-state index contributed by atoms with van der Waals surface area (Å²) in [5, 5.41) is 11.6. The maximum Gasteiger partial charge on any atom is 0.164 e. The van der Waals surface area contributed by atoms with Crippen LogP contribution in [0, 0.1) is 11.3 Å². The third-order valence-electron chi connectivity index (χ3n) is 8.58. The number of hydrogen-bond donors (Lipinski definition) is 0. The highest BCUT2D eigenvalue weighted by atomic mass is 15.0. The molecular formula is C44H28N4. The Hall–Kier alpha value is -6.70. The van der Waals surface area contributed by atoms with Gasteiger partial charge in [-0.1, -0.05) is 152 Å². The van der Waals surface area contributed by atoms with Crippen molar-refractivity contribution in [2.75, 3.05) is 0 Å². The van der Waals surface area contributed by atoms with Crippen molar-refractivity contribution in [3.05, 3.63) is 175 Å². The third-order valence-corrected chi connectivity index (χ3v) is 8.58. The van der Waals surface area contributed by atoms with Gasteiger partial charge in [0.25, 0.3) is 0 Å². The predicted octanol–water partition coefficient (Wildman–Crippen LogP) is 10.9. The van der Waals surface area contributed by atoms with Crippen molar-refractivity contribution >= 4 is 10.8 Å². The van der Waals surface area contributed by atoms with Crippen molar-refractivity contribution in [1.82, 2.24) is 15.0 Å². The molecule has 48 heavy (non-hydrogen) atoms. The van der Waals surface area contributed by atoms with Gasteiger partial charge in [0, 0.05) is 16.7 Å². The molecule has 4 heteroatoms. The molecule has 0 saturated heterocycles. The van der Waals surface area contributed by atoms with E-state index in [9.17, 15) is 5.26 Å². The maximum absolute atomic E-state index is 9.27. The number of rotatable bonds is 6. The second kappa shape index (κ2) is 12.6. The number of nitrogens with zero attached hydrogens (tertiary/aromatic N) is 4. The fraction of sp³-hybridized carbons (Fsp3) is 0. The van der Waals surface area contributed by atoms with E-state index in [0.717, 1.165) is 44.5 Å². The minimum Gasteiger partial charge on any atom is -0.208 e. The Balaban J connectivity index is 1.23. The maximum atomic E-state index is 9.27. The van der Waals surface area contributed by atoms with Gasteiger partial charge in [0.15, 0.2) is 17.5 Å². The lowest BCUT2D eigenvalue weighted by Gasteiger charge is -2.16. The Kier molecular flexibility index (Phi) is 7.54. The van der Waals surface area contributed by atoms with Crippen LogP contribution in [0.15, 0.2) is 170 Å². The largest absolute Gasteiger partial charge is 0.208 e. The zero-order valence-corrected chi connectivity index (χ0v) is 26.0. The van der Waals surface area contributed by atoms with Crippen LogP contribution < -0.4 is 0 Å². The summed E-state index contributed by atoms with van der Waals surface area (Å²) < 4.78 is 0. The highest BCUT2D eigenvalue weighted by molar-refractivity contribution is 6.04. The summed E-state index contributed by atoms with van der Waals surface area (Å²) in [5.41, 5.74) is 10.2. The molecule has 1 heterocycles. The molecule has 0 spiro atoms. The fourth-order valence-electron chi connectivity index (χ4n) is 6.15. The zero-order valence-electron chi connectivity index (χ0n) is 26.0. The minimum atomic E-state index is 0.628. The molecule has 0 aliphatic rings. The molecule has 0 radical (unpaired) electrons. The second-order valence-electron chi connectivity index (χ2n) is 11.6. The molecule has 0 amide bonds. The Morgan fingerprint density at radius 3 is 1.50 bits per heavy atom. The van der Waals surface area contributed by atoms with Crippen molar-refractivity contribution in [3.8, 4) is 73.6 Å². The van der Waals surface area contributed by atoms with E-state index in [0.29, 0.717) is 23.0 Å². The highest BCUT2D eigenvalue weighted by Gasteiger charge is 2.15. The van der Waals surface area contributed by atoms with Gasteiger partial charge in [-0.3, -0.25) is 0 Å². The number of aromatic nitrogens is 3. The lowest BCUT2D eigenvalue weighted by Crippen LogP contribution is -2.00. The molecular weight excluding hydrogens is 585 g/mol. The van der Waals surface area contributed by atoms with Gasteiger partial charge in [0.2, 0.25) is 0 Å². The van der Waals surface area contributed by atoms with Gasteiger partial charge in [-0.25, -0.2) is 15.0 Å². The minimum absolute atomic E-state index is 0.628. The van der Waals surface area contributed by atoms with Crippen molar-refractivity contribution in [2.45, 2.75) is 0 Å². The molecule has 1 aromatic heterocycles. The summed E-state index contributed by atoms with van der Waals surface area (Å²) in [7, 11) is 0. The van der Waals surface area contributed by atoms with Crippen molar-refractivity contribution in [1.29, 1.82) is 5.26 Å². The van der Waals surface area contributed by atoms with E-state index >= 15 is 0 Å². The van der Waals surface area contributed by atoms with Crippen molar-refractivity contribution in [3.63, 3.8) is 0 Å². The molecule has 0 N–H and O–H groups in total. The predicted molar refractivity (Wildman–Crippen MR) is 195 cm³/mol. The SMILES string of the molecule is N#Cc1ccc(-c2cccc(-c3c(-c4ccc(-c5nc(-c6ccccc6)nc(-c6ccccc6)n5)cc4)ccc4ccccc34)c2)cc1. The van der Waals surface area contributed by atoms with Crippen LogP contribution in [-0.4, -0.2) is 15.0 Å². The van der Waals surface area contributed by atoms with Gasteiger partial charge in [0.05, 0.1) is 11.6 Å². The van der Waals surface area contributed by atoms with Crippen LogP contribution in [0.5, 0.6) is 0 Å². The summed E-state index contributed by atoms with van der Waals surface area (Å²) >= 11 is 0. The quantitative estimate of drug-likeness (QED) is 0.187. The first kappa shape index (κ1) is 28.8. The lowest BCUT2D eigenvalue weighted by molar-refractivity contribution is 1.07. The second-order valence-corrected chi connectivity index (χ2v) is 11.6.